The molecular formula is C11H24N2O2. The Bertz CT molecular complexity index is 156. The molecule has 1 aliphatic heterocycles. The zero-order chi connectivity index (χ0) is 10.9. The Morgan fingerprint density at radius 3 is 3.00 bits per heavy atom. The van der Waals surface area contributed by atoms with Crippen LogP contribution in [0.25, 0.3) is 0 Å². The van der Waals surface area contributed by atoms with E-state index in [4.69, 9.17) is 15.6 Å². The molecule has 0 amide bonds. The number of rotatable bonds is 8. The SMILES string of the molecule is NCCCC1CCCN1CCOCCO. The number of aliphatic hydroxyl groups is 1. The van der Waals surface area contributed by atoms with Crippen molar-refractivity contribution in [3.05, 3.63) is 0 Å². The molecular weight excluding hydrogens is 192 g/mol. The van der Waals surface area contributed by atoms with Gasteiger partial charge >= 0.3 is 0 Å². The Morgan fingerprint density at radius 2 is 2.27 bits per heavy atom. The summed E-state index contributed by atoms with van der Waals surface area (Å²) in [7, 11) is 0. The Balaban J connectivity index is 2.09. The second-order valence-corrected chi connectivity index (χ2v) is 4.10. The van der Waals surface area contributed by atoms with Crippen LogP contribution in [-0.4, -0.2) is 55.5 Å². The first-order valence-electron chi connectivity index (χ1n) is 6.01. The predicted molar refractivity (Wildman–Crippen MR) is 60.8 cm³/mol. The number of nitrogens with zero attached hydrogens (tertiary/aromatic N) is 1. The van der Waals surface area contributed by atoms with Crippen LogP contribution in [0.15, 0.2) is 0 Å². The van der Waals surface area contributed by atoms with E-state index in [9.17, 15) is 0 Å². The second kappa shape index (κ2) is 8.05. The van der Waals surface area contributed by atoms with Crippen molar-refractivity contribution in [2.24, 2.45) is 5.73 Å². The largest absolute Gasteiger partial charge is 0.394 e. The Morgan fingerprint density at radius 1 is 1.40 bits per heavy atom. The molecule has 15 heavy (non-hydrogen) atoms. The van der Waals surface area contributed by atoms with Crippen molar-refractivity contribution in [2.45, 2.75) is 31.7 Å². The van der Waals surface area contributed by atoms with Gasteiger partial charge in [-0.3, -0.25) is 4.90 Å². The van der Waals surface area contributed by atoms with Gasteiger partial charge in [-0.15, -0.1) is 0 Å². The molecule has 3 N–H and O–H groups in total. The first kappa shape index (κ1) is 12.9. The molecule has 1 aliphatic rings. The normalized spacial score (nSPS) is 22.4. The lowest BCUT2D eigenvalue weighted by Gasteiger charge is -2.24. The van der Waals surface area contributed by atoms with Crippen molar-refractivity contribution >= 4 is 0 Å². The summed E-state index contributed by atoms with van der Waals surface area (Å²) in [5.41, 5.74) is 5.52. The van der Waals surface area contributed by atoms with Crippen molar-refractivity contribution in [3.8, 4) is 0 Å². The molecule has 0 aromatic rings. The van der Waals surface area contributed by atoms with Gasteiger partial charge in [0.1, 0.15) is 0 Å². The number of hydrogen-bond acceptors (Lipinski definition) is 4. The summed E-state index contributed by atoms with van der Waals surface area (Å²) in [6.45, 7) is 4.30. The Hall–Kier alpha value is -0.160. The molecule has 1 atom stereocenters. The molecule has 1 fully saturated rings. The van der Waals surface area contributed by atoms with E-state index in [1.54, 1.807) is 0 Å². The average Bonchev–Trinajstić information content (AvgIpc) is 2.69. The maximum absolute atomic E-state index is 8.57. The van der Waals surface area contributed by atoms with E-state index in [1.165, 1.54) is 25.8 Å². The van der Waals surface area contributed by atoms with Crippen molar-refractivity contribution in [1.82, 2.24) is 4.90 Å². The summed E-state index contributed by atoms with van der Waals surface area (Å²) in [6.07, 6.45) is 4.95. The molecule has 4 heteroatoms. The van der Waals surface area contributed by atoms with E-state index >= 15 is 0 Å². The van der Waals surface area contributed by atoms with Crippen molar-refractivity contribution < 1.29 is 9.84 Å². The molecule has 1 heterocycles. The number of aliphatic hydroxyl groups excluding tert-OH is 1. The molecule has 1 rings (SSSR count). The zero-order valence-electron chi connectivity index (χ0n) is 9.53. The summed E-state index contributed by atoms with van der Waals surface area (Å²) >= 11 is 0. The van der Waals surface area contributed by atoms with Crippen LogP contribution in [0.3, 0.4) is 0 Å². The van der Waals surface area contributed by atoms with Crippen LogP contribution in [0.2, 0.25) is 0 Å². The van der Waals surface area contributed by atoms with Crippen molar-refractivity contribution in [1.29, 1.82) is 0 Å². The molecule has 0 saturated carbocycles. The summed E-state index contributed by atoms with van der Waals surface area (Å²) in [5, 5.41) is 8.57. The summed E-state index contributed by atoms with van der Waals surface area (Å²) in [4.78, 5) is 2.49. The predicted octanol–water partition coefficient (Wildman–Crippen LogP) is 0.199. The lowest BCUT2D eigenvalue weighted by Crippen LogP contribution is -2.33. The minimum atomic E-state index is 0.122. The highest BCUT2D eigenvalue weighted by atomic mass is 16.5. The van der Waals surface area contributed by atoms with Crippen molar-refractivity contribution in [3.63, 3.8) is 0 Å². The van der Waals surface area contributed by atoms with Gasteiger partial charge in [-0.1, -0.05) is 0 Å². The fourth-order valence-corrected chi connectivity index (χ4v) is 2.22. The van der Waals surface area contributed by atoms with E-state index in [0.29, 0.717) is 12.6 Å². The van der Waals surface area contributed by atoms with Crippen LogP contribution in [0.4, 0.5) is 0 Å². The fraction of sp³-hybridized carbons (Fsp3) is 1.00. The lowest BCUT2D eigenvalue weighted by atomic mass is 10.1. The van der Waals surface area contributed by atoms with Gasteiger partial charge in [0.2, 0.25) is 0 Å². The maximum Gasteiger partial charge on any atom is 0.0698 e. The summed E-state index contributed by atoms with van der Waals surface area (Å²) in [5.74, 6) is 0. The molecule has 0 aromatic heterocycles. The van der Waals surface area contributed by atoms with E-state index in [2.05, 4.69) is 4.90 Å². The van der Waals surface area contributed by atoms with Gasteiger partial charge in [-0.2, -0.15) is 0 Å². The van der Waals surface area contributed by atoms with Gasteiger partial charge in [-0.05, 0) is 38.8 Å². The number of hydrogen-bond donors (Lipinski definition) is 2. The molecule has 0 radical (unpaired) electrons. The molecule has 1 saturated heterocycles. The maximum atomic E-state index is 8.57. The molecule has 4 nitrogen and oxygen atoms in total. The third kappa shape index (κ3) is 4.93. The van der Waals surface area contributed by atoms with E-state index in [0.717, 1.165) is 26.1 Å². The van der Waals surface area contributed by atoms with Gasteiger partial charge < -0.3 is 15.6 Å². The number of likely N-dealkylation sites (tertiary alicyclic amines) is 1. The zero-order valence-corrected chi connectivity index (χ0v) is 9.53. The van der Waals surface area contributed by atoms with Crippen LogP contribution in [0.5, 0.6) is 0 Å². The first-order chi connectivity index (χ1) is 7.38. The van der Waals surface area contributed by atoms with E-state index < -0.39 is 0 Å². The molecule has 0 spiro atoms. The summed E-state index contributed by atoms with van der Waals surface area (Å²) in [6, 6.07) is 0.714. The van der Waals surface area contributed by atoms with E-state index in [-0.39, 0.29) is 6.61 Å². The fourth-order valence-electron chi connectivity index (χ4n) is 2.22. The van der Waals surface area contributed by atoms with Gasteiger partial charge in [0.05, 0.1) is 19.8 Å². The number of nitrogens with two attached hydrogens (primary N) is 1. The standard InChI is InChI=1S/C11H24N2O2/c12-5-1-3-11-4-2-6-13(11)7-9-15-10-8-14/h11,14H,1-10,12H2. The monoisotopic (exact) mass is 216 g/mol. The summed E-state index contributed by atoms with van der Waals surface area (Å²) < 4.78 is 5.28. The second-order valence-electron chi connectivity index (χ2n) is 4.10. The van der Waals surface area contributed by atoms with Crippen molar-refractivity contribution in [2.75, 3.05) is 39.5 Å². The minimum absolute atomic E-state index is 0.122. The molecule has 0 bridgehead atoms. The topological polar surface area (TPSA) is 58.7 Å². The first-order valence-corrected chi connectivity index (χ1v) is 6.01. The quantitative estimate of drug-likeness (QED) is 0.569. The average molecular weight is 216 g/mol. The van der Waals surface area contributed by atoms with Crippen LogP contribution in [0.1, 0.15) is 25.7 Å². The van der Waals surface area contributed by atoms with Gasteiger partial charge in [-0.25, -0.2) is 0 Å². The third-order valence-electron chi connectivity index (χ3n) is 3.00. The van der Waals surface area contributed by atoms with Gasteiger partial charge in [0.25, 0.3) is 0 Å². The van der Waals surface area contributed by atoms with Crippen LogP contribution in [-0.2, 0) is 4.74 Å². The van der Waals surface area contributed by atoms with Crippen LogP contribution in [0, 0.1) is 0 Å². The van der Waals surface area contributed by atoms with Crippen LogP contribution >= 0.6 is 0 Å². The molecule has 90 valence electrons. The Kier molecular flexibility index (Phi) is 6.92. The van der Waals surface area contributed by atoms with Gasteiger partial charge in [0, 0.05) is 12.6 Å². The highest BCUT2D eigenvalue weighted by Gasteiger charge is 2.22. The smallest absolute Gasteiger partial charge is 0.0698 e. The van der Waals surface area contributed by atoms with Gasteiger partial charge in [0.15, 0.2) is 0 Å². The minimum Gasteiger partial charge on any atom is -0.394 e. The molecule has 0 aliphatic carbocycles. The number of ether oxygens (including phenoxy) is 1. The van der Waals surface area contributed by atoms with E-state index in [1.807, 2.05) is 0 Å². The lowest BCUT2D eigenvalue weighted by molar-refractivity contribution is 0.0701. The highest BCUT2D eigenvalue weighted by Crippen LogP contribution is 2.20. The van der Waals surface area contributed by atoms with Crippen LogP contribution < -0.4 is 5.73 Å². The molecule has 0 aromatic carbocycles. The highest BCUT2D eigenvalue weighted by molar-refractivity contribution is 4.78. The Labute approximate surface area is 92.4 Å². The third-order valence-corrected chi connectivity index (χ3v) is 3.00. The molecule has 1 unspecified atom stereocenters.